The van der Waals surface area contributed by atoms with E-state index in [4.69, 9.17) is 16.3 Å². The first kappa shape index (κ1) is 18.7. The number of esters is 1. The van der Waals surface area contributed by atoms with E-state index in [9.17, 15) is 9.59 Å². The second kappa shape index (κ2) is 8.54. The monoisotopic (exact) mass is 377 g/mol. The Morgan fingerprint density at radius 2 is 2.23 bits per heavy atom. The van der Waals surface area contributed by atoms with Gasteiger partial charge in [0.15, 0.2) is 0 Å². The number of carbonyl (C=O) groups excluding carboxylic acids is 2. The molecule has 0 aromatic carbocycles. The van der Waals surface area contributed by atoms with Gasteiger partial charge in [-0.15, -0.1) is 0 Å². The van der Waals surface area contributed by atoms with Crippen LogP contribution in [0, 0.1) is 5.92 Å². The van der Waals surface area contributed by atoms with Crippen molar-refractivity contribution >= 4 is 35.4 Å². The minimum absolute atomic E-state index is 0.157. The first-order valence-corrected chi connectivity index (χ1v) is 9.50. The number of ether oxygens (including phenoxy) is 1. The van der Waals surface area contributed by atoms with Gasteiger partial charge < -0.3 is 15.0 Å². The van der Waals surface area contributed by atoms with Crippen LogP contribution in [0.4, 0.5) is 5.82 Å². The number of nitrogens with one attached hydrogen (secondary N) is 1. The molecule has 1 saturated carbocycles. The minimum Gasteiger partial charge on any atom is -0.463 e. The van der Waals surface area contributed by atoms with Crippen molar-refractivity contribution in [2.45, 2.75) is 38.6 Å². The Morgan fingerprint density at radius 1 is 1.42 bits per heavy atom. The largest absolute Gasteiger partial charge is 0.463 e. The Labute approximate surface area is 158 Å². The molecule has 1 amide bonds. The Balaban J connectivity index is 1.55. The quantitative estimate of drug-likeness (QED) is 0.609. The summed E-state index contributed by atoms with van der Waals surface area (Å²) in [5.74, 6) is 0.732. The molecule has 0 bridgehead atoms. The fourth-order valence-electron chi connectivity index (χ4n) is 3.19. The lowest BCUT2D eigenvalue weighted by atomic mass is 9.84. The van der Waals surface area contributed by atoms with Crippen LogP contribution in [0.5, 0.6) is 0 Å². The van der Waals surface area contributed by atoms with E-state index in [-0.39, 0.29) is 12.0 Å². The highest BCUT2D eigenvalue weighted by Crippen LogP contribution is 2.30. The average Bonchev–Trinajstić information content (AvgIpc) is 3.02. The fraction of sp³-hybridized carbons (Fsp3) is 0.526. The summed E-state index contributed by atoms with van der Waals surface area (Å²) >= 11 is 6.31. The van der Waals surface area contributed by atoms with Crippen molar-refractivity contribution in [2.75, 3.05) is 25.0 Å². The molecule has 6 nitrogen and oxygen atoms in total. The summed E-state index contributed by atoms with van der Waals surface area (Å²) in [6.45, 7) is 3.57. The van der Waals surface area contributed by atoms with Crippen LogP contribution in [0.15, 0.2) is 18.3 Å². The maximum atomic E-state index is 12.3. The highest BCUT2D eigenvalue weighted by Gasteiger charge is 2.33. The predicted molar refractivity (Wildman–Crippen MR) is 101 cm³/mol. The average molecular weight is 378 g/mol. The first-order chi connectivity index (χ1) is 12.6. The van der Waals surface area contributed by atoms with Gasteiger partial charge in [0.1, 0.15) is 5.82 Å². The number of halogens is 1. The molecule has 0 radical (unpaired) electrons. The zero-order valence-electron chi connectivity index (χ0n) is 14.9. The number of hydrogen-bond donors (Lipinski definition) is 1. The normalized spacial score (nSPS) is 20.2. The minimum atomic E-state index is -0.395. The number of carbonyl (C=O) groups is 2. The molecule has 26 heavy (non-hydrogen) atoms. The molecule has 1 aliphatic carbocycles. The summed E-state index contributed by atoms with van der Waals surface area (Å²) < 4.78 is 4.84. The topological polar surface area (TPSA) is 71.5 Å². The zero-order chi connectivity index (χ0) is 18.5. The molecule has 1 saturated heterocycles. The van der Waals surface area contributed by atoms with Crippen LogP contribution in [0.25, 0.3) is 6.08 Å². The number of pyridine rings is 1. The van der Waals surface area contributed by atoms with E-state index in [1.54, 1.807) is 25.3 Å². The Bertz CT molecular complexity index is 703. The van der Waals surface area contributed by atoms with Gasteiger partial charge in [-0.25, -0.2) is 9.78 Å². The van der Waals surface area contributed by atoms with Crippen LogP contribution < -0.4 is 5.32 Å². The van der Waals surface area contributed by atoms with Gasteiger partial charge in [-0.2, -0.15) is 0 Å². The van der Waals surface area contributed by atoms with E-state index < -0.39 is 5.97 Å². The molecule has 1 N–H and O–H groups in total. The number of amides is 1. The maximum Gasteiger partial charge on any atom is 0.330 e. The van der Waals surface area contributed by atoms with Crippen molar-refractivity contribution in [1.29, 1.82) is 0 Å². The van der Waals surface area contributed by atoms with Crippen LogP contribution in [-0.4, -0.2) is 47.5 Å². The van der Waals surface area contributed by atoms with Crippen LogP contribution in [0.1, 0.15) is 38.2 Å². The van der Waals surface area contributed by atoms with Crippen molar-refractivity contribution in [3.8, 4) is 0 Å². The van der Waals surface area contributed by atoms with E-state index in [0.717, 1.165) is 31.4 Å². The number of aromatic nitrogens is 1. The third-order valence-corrected chi connectivity index (χ3v) is 5.14. The van der Waals surface area contributed by atoms with Gasteiger partial charge >= 0.3 is 5.97 Å². The van der Waals surface area contributed by atoms with Gasteiger partial charge in [-0.05, 0) is 43.9 Å². The summed E-state index contributed by atoms with van der Waals surface area (Å²) in [6.07, 6.45) is 8.74. The number of likely N-dealkylation sites (tertiary alicyclic amines) is 1. The number of rotatable bonds is 6. The van der Waals surface area contributed by atoms with Crippen molar-refractivity contribution < 1.29 is 14.3 Å². The summed E-state index contributed by atoms with van der Waals surface area (Å²) in [7, 11) is 0. The molecule has 2 aliphatic rings. The molecule has 0 unspecified atom stereocenters. The van der Waals surface area contributed by atoms with Gasteiger partial charge in [0.25, 0.3) is 0 Å². The summed E-state index contributed by atoms with van der Waals surface area (Å²) in [6, 6.07) is 1.91. The van der Waals surface area contributed by atoms with Gasteiger partial charge in [0.2, 0.25) is 5.91 Å². The fourth-order valence-corrected chi connectivity index (χ4v) is 3.42. The lowest BCUT2D eigenvalue weighted by Crippen LogP contribution is -2.38. The molecule has 1 aliphatic heterocycles. The van der Waals surface area contributed by atoms with Crippen LogP contribution in [0.3, 0.4) is 0 Å². The maximum absolute atomic E-state index is 12.3. The van der Waals surface area contributed by atoms with Crippen LogP contribution in [-0.2, 0) is 14.3 Å². The highest BCUT2D eigenvalue weighted by atomic mass is 35.5. The van der Waals surface area contributed by atoms with E-state index in [0.29, 0.717) is 29.9 Å². The first-order valence-electron chi connectivity index (χ1n) is 9.12. The number of nitrogens with zero attached hydrogens (tertiary/aromatic N) is 2. The standard InChI is InChI=1S/C19H24ClN3O3/c1-2-26-17(24)7-6-13-10-16(20)18(21-11-13)22-15-8-9-23(12-15)19(25)14-4-3-5-14/h6-7,10-11,14-15H,2-5,8-9,12H2,1H3,(H,21,22)/t15-/m1/s1. The van der Waals surface area contributed by atoms with Crippen LogP contribution in [0.2, 0.25) is 5.02 Å². The summed E-state index contributed by atoms with van der Waals surface area (Å²) in [5.41, 5.74) is 0.724. The van der Waals surface area contributed by atoms with Gasteiger partial charge in [-0.1, -0.05) is 18.0 Å². The molecule has 7 heteroatoms. The van der Waals surface area contributed by atoms with Crippen molar-refractivity contribution in [3.05, 3.63) is 28.9 Å². The van der Waals surface area contributed by atoms with Crippen LogP contribution >= 0.6 is 11.6 Å². The van der Waals surface area contributed by atoms with Crippen molar-refractivity contribution in [2.24, 2.45) is 5.92 Å². The Kier molecular flexibility index (Phi) is 6.14. The molecule has 1 aromatic rings. The molecule has 3 rings (SSSR count). The number of anilines is 1. The summed E-state index contributed by atoms with van der Waals surface area (Å²) in [5, 5.41) is 3.81. The lowest BCUT2D eigenvalue weighted by Gasteiger charge is -2.29. The summed E-state index contributed by atoms with van der Waals surface area (Å²) in [4.78, 5) is 30.0. The van der Waals surface area contributed by atoms with E-state index in [1.165, 1.54) is 12.5 Å². The molecular formula is C19H24ClN3O3. The molecule has 1 atom stereocenters. The van der Waals surface area contributed by atoms with Gasteiger partial charge in [-0.3, -0.25) is 4.79 Å². The second-order valence-corrected chi connectivity index (χ2v) is 7.13. The lowest BCUT2D eigenvalue weighted by molar-refractivity contribution is -0.137. The smallest absolute Gasteiger partial charge is 0.330 e. The Hall–Kier alpha value is -2.08. The van der Waals surface area contributed by atoms with E-state index in [2.05, 4.69) is 10.3 Å². The van der Waals surface area contributed by atoms with Crippen molar-refractivity contribution in [3.63, 3.8) is 0 Å². The third kappa shape index (κ3) is 4.55. The third-order valence-electron chi connectivity index (χ3n) is 4.86. The van der Waals surface area contributed by atoms with Gasteiger partial charge in [0.05, 0.1) is 11.6 Å². The molecule has 2 heterocycles. The highest BCUT2D eigenvalue weighted by molar-refractivity contribution is 6.33. The molecule has 1 aromatic heterocycles. The molecule has 2 fully saturated rings. The molecular weight excluding hydrogens is 354 g/mol. The molecule has 140 valence electrons. The van der Waals surface area contributed by atoms with Crippen molar-refractivity contribution in [1.82, 2.24) is 9.88 Å². The molecule has 0 spiro atoms. The Morgan fingerprint density at radius 3 is 2.88 bits per heavy atom. The second-order valence-electron chi connectivity index (χ2n) is 6.73. The predicted octanol–water partition coefficient (Wildman–Crippen LogP) is 3.12. The number of hydrogen-bond acceptors (Lipinski definition) is 5. The van der Waals surface area contributed by atoms with E-state index >= 15 is 0 Å². The van der Waals surface area contributed by atoms with E-state index in [1.807, 2.05) is 4.90 Å². The SMILES string of the molecule is CCOC(=O)C=Cc1cnc(N[C@@H]2CCN(C(=O)C3CCC3)C2)c(Cl)c1. The van der Waals surface area contributed by atoms with Gasteiger partial charge in [0, 0.05) is 37.3 Å². The zero-order valence-corrected chi connectivity index (χ0v) is 15.7.